The van der Waals surface area contributed by atoms with Crippen LogP contribution in [0.5, 0.6) is 23.0 Å². The number of anilines is 1. The van der Waals surface area contributed by atoms with Gasteiger partial charge in [0.05, 0.1) is 35.4 Å². The fraction of sp³-hybridized carbons (Fsp3) is 0.323. The Labute approximate surface area is 257 Å². The van der Waals surface area contributed by atoms with Gasteiger partial charge in [-0.2, -0.15) is 13.2 Å². The predicted molar refractivity (Wildman–Crippen MR) is 159 cm³/mol. The second kappa shape index (κ2) is 13.9. The van der Waals surface area contributed by atoms with E-state index < -0.39 is 32.5 Å². The van der Waals surface area contributed by atoms with Gasteiger partial charge < -0.3 is 24.3 Å². The van der Waals surface area contributed by atoms with Crippen LogP contribution in [0.3, 0.4) is 0 Å². The second-order valence-electron chi connectivity index (χ2n) is 10.2. The van der Waals surface area contributed by atoms with Gasteiger partial charge in [-0.05, 0) is 62.2 Å². The Hall–Kier alpha value is -4.14. The van der Waals surface area contributed by atoms with E-state index in [4.69, 9.17) is 18.9 Å². The number of hydrogen-bond acceptors (Lipinski definition) is 8. The summed E-state index contributed by atoms with van der Waals surface area (Å²) in [6, 6.07) is 12.2. The Bertz CT molecular complexity index is 1750. The zero-order chi connectivity index (χ0) is 32.0. The summed E-state index contributed by atoms with van der Waals surface area (Å²) in [5.74, 6) is -0.0717. The highest BCUT2D eigenvalue weighted by Gasteiger charge is 2.37. The Balaban J connectivity index is 1.28. The number of alkyl halides is 3. The molecule has 1 fully saturated rings. The van der Waals surface area contributed by atoms with Crippen LogP contribution in [0, 0.1) is 5.82 Å². The molecule has 0 saturated carbocycles. The number of aromatic nitrogens is 1. The average molecular weight is 650 g/mol. The fourth-order valence-electron chi connectivity index (χ4n) is 4.86. The van der Waals surface area contributed by atoms with Crippen molar-refractivity contribution in [1.82, 2.24) is 10.3 Å². The first-order chi connectivity index (χ1) is 21.5. The number of pyridine rings is 1. The molecule has 2 N–H and O–H groups in total. The molecule has 14 heteroatoms. The van der Waals surface area contributed by atoms with Crippen LogP contribution in [0.2, 0.25) is 0 Å². The fourth-order valence-corrected chi connectivity index (χ4v) is 6.14. The number of hydrogen-bond donors (Lipinski definition) is 2. The van der Waals surface area contributed by atoms with Crippen LogP contribution in [-0.2, 0) is 20.9 Å². The lowest BCUT2D eigenvalue weighted by molar-refractivity contribution is -0.139. The van der Waals surface area contributed by atoms with E-state index in [1.807, 2.05) is 4.72 Å². The summed E-state index contributed by atoms with van der Waals surface area (Å²) in [6.45, 7) is 2.77. The number of sulfonamides is 1. The topological polar surface area (TPSA) is 108 Å². The summed E-state index contributed by atoms with van der Waals surface area (Å²) in [5.41, 5.74) is -1.13. The van der Waals surface area contributed by atoms with Crippen molar-refractivity contribution in [3.8, 4) is 23.0 Å². The molecule has 5 rings (SSSR count). The van der Waals surface area contributed by atoms with Crippen molar-refractivity contribution in [2.45, 2.75) is 36.4 Å². The summed E-state index contributed by atoms with van der Waals surface area (Å²) in [5, 5.41) is 4.00. The maximum atomic E-state index is 15.1. The number of ether oxygens (including phenoxy) is 4. The lowest BCUT2D eigenvalue weighted by Crippen LogP contribution is -2.35. The molecule has 0 spiro atoms. The third kappa shape index (κ3) is 7.93. The van der Waals surface area contributed by atoms with Gasteiger partial charge in [0, 0.05) is 43.0 Å². The predicted octanol–water partition coefficient (Wildman–Crippen LogP) is 6.53. The van der Waals surface area contributed by atoms with Crippen molar-refractivity contribution in [3.05, 3.63) is 78.2 Å². The first-order valence-corrected chi connectivity index (χ1v) is 15.6. The third-order valence-corrected chi connectivity index (χ3v) is 8.55. The molecule has 240 valence electrons. The standard InChI is InChI=1S/C31H31F4N3O6S/c1-41-28-18-22-25(19-29(28)43-14-4-12-36-20-10-15-42-16-11-20)37-13-9-26(22)44-27-8-7-21(17-24(27)32)38-45(39,40)30-6-3-2-5-23(30)31(33,34)35/h2-3,5-9,13,17-20,36,38H,4,10-12,14-16H2,1H3. The highest BCUT2D eigenvalue weighted by molar-refractivity contribution is 7.92. The monoisotopic (exact) mass is 649 g/mol. The van der Waals surface area contributed by atoms with Gasteiger partial charge in [-0.15, -0.1) is 0 Å². The zero-order valence-electron chi connectivity index (χ0n) is 24.2. The Morgan fingerprint density at radius 2 is 1.76 bits per heavy atom. The van der Waals surface area contributed by atoms with Crippen molar-refractivity contribution in [2.75, 3.05) is 38.2 Å². The van der Waals surface area contributed by atoms with Crippen LogP contribution >= 0.6 is 0 Å². The molecule has 0 aliphatic carbocycles. The lowest BCUT2D eigenvalue weighted by Gasteiger charge is -2.23. The van der Waals surface area contributed by atoms with Crippen LogP contribution in [0.1, 0.15) is 24.8 Å². The van der Waals surface area contributed by atoms with E-state index in [9.17, 15) is 21.6 Å². The van der Waals surface area contributed by atoms with E-state index >= 15 is 4.39 Å². The molecule has 0 radical (unpaired) electrons. The molecule has 9 nitrogen and oxygen atoms in total. The summed E-state index contributed by atoms with van der Waals surface area (Å²) in [6.07, 6.45) is -0.676. The minimum Gasteiger partial charge on any atom is -0.493 e. The van der Waals surface area contributed by atoms with Gasteiger partial charge in [-0.3, -0.25) is 9.71 Å². The van der Waals surface area contributed by atoms with Crippen LogP contribution in [0.4, 0.5) is 23.2 Å². The second-order valence-corrected chi connectivity index (χ2v) is 11.9. The molecule has 45 heavy (non-hydrogen) atoms. The molecule has 1 aliphatic heterocycles. The maximum Gasteiger partial charge on any atom is 0.417 e. The van der Waals surface area contributed by atoms with Gasteiger partial charge in [0.15, 0.2) is 23.1 Å². The SMILES string of the molecule is COc1cc2c(Oc3ccc(NS(=O)(=O)c4ccccc4C(F)(F)F)cc3F)ccnc2cc1OCCCNC1CCOCC1. The zero-order valence-corrected chi connectivity index (χ0v) is 25.0. The highest BCUT2D eigenvalue weighted by Crippen LogP contribution is 2.38. The van der Waals surface area contributed by atoms with Gasteiger partial charge in [0.2, 0.25) is 0 Å². The first kappa shape index (κ1) is 32.3. The van der Waals surface area contributed by atoms with E-state index in [-0.39, 0.29) is 17.2 Å². The van der Waals surface area contributed by atoms with Gasteiger partial charge >= 0.3 is 6.18 Å². The van der Waals surface area contributed by atoms with E-state index in [0.29, 0.717) is 41.1 Å². The normalized spacial score (nSPS) is 14.3. The van der Waals surface area contributed by atoms with Gasteiger partial charge in [-0.1, -0.05) is 12.1 Å². The lowest BCUT2D eigenvalue weighted by atomic mass is 10.1. The Morgan fingerprint density at radius 1 is 0.978 bits per heavy atom. The molecular formula is C31H31F4N3O6S. The van der Waals surface area contributed by atoms with E-state index in [1.165, 1.54) is 25.4 Å². The molecule has 0 bridgehead atoms. The minimum atomic E-state index is -4.90. The number of methoxy groups -OCH3 is 1. The first-order valence-electron chi connectivity index (χ1n) is 14.1. The summed E-state index contributed by atoms with van der Waals surface area (Å²) >= 11 is 0. The number of halogens is 4. The molecule has 1 saturated heterocycles. The summed E-state index contributed by atoms with van der Waals surface area (Å²) < 4.78 is 105. The van der Waals surface area contributed by atoms with Gasteiger partial charge in [0.1, 0.15) is 5.75 Å². The third-order valence-electron chi connectivity index (χ3n) is 7.11. The van der Waals surface area contributed by atoms with Crippen LogP contribution < -0.4 is 24.2 Å². The highest BCUT2D eigenvalue weighted by atomic mass is 32.2. The summed E-state index contributed by atoms with van der Waals surface area (Å²) in [4.78, 5) is 3.38. The maximum absolute atomic E-state index is 15.1. The van der Waals surface area contributed by atoms with Crippen molar-refractivity contribution in [1.29, 1.82) is 0 Å². The molecular weight excluding hydrogens is 618 g/mol. The van der Waals surface area contributed by atoms with E-state index in [2.05, 4.69) is 10.3 Å². The summed E-state index contributed by atoms with van der Waals surface area (Å²) in [7, 11) is -3.20. The van der Waals surface area contributed by atoms with E-state index in [1.54, 1.807) is 12.1 Å². The van der Waals surface area contributed by atoms with Crippen molar-refractivity contribution >= 4 is 26.6 Å². The van der Waals surface area contributed by atoms with Crippen molar-refractivity contribution < 1.29 is 44.9 Å². The Kier molecular flexibility index (Phi) is 9.95. The number of fused-ring (bicyclic) bond motifs is 1. The molecule has 4 aromatic rings. The van der Waals surface area contributed by atoms with Gasteiger partial charge in [0.25, 0.3) is 10.0 Å². The largest absolute Gasteiger partial charge is 0.493 e. The van der Waals surface area contributed by atoms with Crippen molar-refractivity contribution in [3.63, 3.8) is 0 Å². The molecule has 3 aromatic carbocycles. The van der Waals surface area contributed by atoms with Crippen molar-refractivity contribution in [2.24, 2.45) is 0 Å². The molecule has 1 aliphatic rings. The number of nitrogens with one attached hydrogen (secondary N) is 2. The number of rotatable bonds is 12. The number of benzene rings is 3. The molecule has 0 atom stereocenters. The minimum absolute atomic E-state index is 0.233. The number of nitrogens with zero attached hydrogens (tertiary/aromatic N) is 1. The quantitative estimate of drug-likeness (QED) is 0.132. The molecule has 1 aromatic heterocycles. The average Bonchev–Trinajstić information content (AvgIpc) is 3.02. The van der Waals surface area contributed by atoms with Crippen LogP contribution in [0.25, 0.3) is 10.9 Å². The van der Waals surface area contributed by atoms with Gasteiger partial charge in [-0.25, -0.2) is 12.8 Å². The van der Waals surface area contributed by atoms with Crippen LogP contribution in [0.15, 0.2) is 71.8 Å². The van der Waals surface area contributed by atoms with Crippen LogP contribution in [-0.4, -0.2) is 52.9 Å². The molecule has 2 heterocycles. The molecule has 0 unspecified atom stereocenters. The Morgan fingerprint density at radius 3 is 2.49 bits per heavy atom. The molecule has 0 amide bonds. The smallest absolute Gasteiger partial charge is 0.417 e. The van der Waals surface area contributed by atoms with E-state index in [0.717, 1.165) is 69.4 Å².